The maximum atomic E-state index is 12.7. The van der Waals surface area contributed by atoms with E-state index in [0.717, 1.165) is 77.3 Å². The van der Waals surface area contributed by atoms with E-state index in [2.05, 4.69) is 44.0 Å². The lowest BCUT2D eigenvalue weighted by Gasteiger charge is -2.27. The third-order valence-corrected chi connectivity index (χ3v) is 9.69. The first kappa shape index (κ1) is 26.6. The van der Waals surface area contributed by atoms with Gasteiger partial charge >= 0.3 is 6.09 Å². The van der Waals surface area contributed by atoms with E-state index in [1.54, 1.807) is 0 Å². The fourth-order valence-corrected chi connectivity index (χ4v) is 7.49. The van der Waals surface area contributed by atoms with E-state index in [1.165, 1.54) is 0 Å². The first-order valence-corrected chi connectivity index (χ1v) is 15.3. The molecule has 4 aromatic rings. The lowest BCUT2D eigenvalue weighted by molar-refractivity contribution is -0.0372. The molecule has 12 heteroatoms. The number of carbonyl (C=O) groups is 1. The molecule has 0 radical (unpaired) electrons. The standard InChI is InChI=1S/C29H33IN8O3/c1-36-22(10-12-33-36)29(18-32-28(39)41-17-19-7-3-2-4-8-19)20-11-13-37(16-21(20)29)23-15-31-25-26(30)35-38(27(25)34-23)24-9-5-6-14-40-24/h2-4,7-8,10,12,15,20-21,24H,5-6,9,11,13-14,16-18H2,1H3,(H,32,39). The Morgan fingerprint density at radius 1 is 1.20 bits per heavy atom. The smallest absolute Gasteiger partial charge is 0.407 e. The molecular formula is C29H33IN8O3. The Balaban J connectivity index is 1.10. The number of fused-ring (bicyclic) bond motifs is 2. The van der Waals surface area contributed by atoms with E-state index in [1.807, 2.05) is 59.1 Å². The Bertz CT molecular complexity index is 1550. The molecular weight excluding hydrogens is 635 g/mol. The van der Waals surface area contributed by atoms with Gasteiger partial charge in [-0.1, -0.05) is 30.3 Å². The third kappa shape index (κ3) is 4.84. The summed E-state index contributed by atoms with van der Waals surface area (Å²) in [6.45, 7) is 3.17. The maximum absolute atomic E-state index is 12.7. The van der Waals surface area contributed by atoms with Gasteiger partial charge in [0.2, 0.25) is 0 Å². The van der Waals surface area contributed by atoms with E-state index in [9.17, 15) is 4.79 Å². The zero-order valence-corrected chi connectivity index (χ0v) is 25.1. The number of alkyl carbamates (subject to hydrolysis) is 1. The van der Waals surface area contributed by atoms with Gasteiger partial charge in [-0.25, -0.2) is 19.4 Å². The first-order valence-electron chi connectivity index (χ1n) is 14.2. The van der Waals surface area contributed by atoms with Crippen molar-refractivity contribution in [3.05, 3.63) is 63.7 Å². The average Bonchev–Trinajstić information content (AvgIpc) is 3.22. The zero-order chi connectivity index (χ0) is 28.0. The van der Waals surface area contributed by atoms with Crippen LogP contribution >= 0.6 is 22.6 Å². The molecule has 7 rings (SSSR count). The topological polar surface area (TPSA) is 112 Å². The largest absolute Gasteiger partial charge is 0.445 e. The number of ether oxygens (including phenoxy) is 2. The molecule has 3 aromatic heterocycles. The van der Waals surface area contributed by atoms with Crippen molar-refractivity contribution in [1.82, 2.24) is 34.8 Å². The third-order valence-electron chi connectivity index (χ3n) is 8.96. The molecule has 3 aliphatic rings. The molecule has 5 heterocycles. The van der Waals surface area contributed by atoms with E-state index in [-0.39, 0.29) is 18.2 Å². The predicted octanol–water partition coefficient (Wildman–Crippen LogP) is 4.18. The van der Waals surface area contributed by atoms with Crippen LogP contribution in [0.2, 0.25) is 0 Å². The number of halogens is 1. The average molecular weight is 669 g/mol. The molecule has 2 saturated heterocycles. The van der Waals surface area contributed by atoms with Crippen molar-refractivity contribution in [2.24, 2.45) is 18.9 Å². The number of aromatic nitrogens is 6. The van der Waals surface area contributed by atoms with Crippen molar-refractivity contribution in [3.63, 3.8) is 0 Å². The molecule has 2 aliphatic heterocycles. The number of nitrogens with zero attached hydrogens (tertiary/aromatic N) is 7. The summed E-state index contributed by atoms with van der Waals surface area (Å²) in [4.78, 5) is 24.9. The molecule has 214 valence electrons. The molecule has 0 spiro atoms. The SMILES string of the molecule is Cn1nccc1C1(CNC(=O)OCc2ccccc2)C2CCN(c3cnc4c(I)nn(C5CCCCO5)c4n3)CC21. The van der Waals surface area contributed by atoms with E-state index >= 15 is 0 Å². The fraction of sp³-hybridized carbons (Fsp3) is 0.483. The quantitative estimate of drug-likeness (QED) is 0.292. The van der Waals surface area contributed by atoms with Crippen molar-refractivity contribution >= 4 is 45.7 Å². The Morgan fingerprint density at radius 2 is 2.07 bits per heavy atom. The second-order valence-electron chi connectivity index (χ2n) is 11.2. The minimum atomic E-state index is -0.403. The molecule has 41 heavy (non-hydrogen) atoms. The molecule has 1 amide bonds. The van der Waals surface area contributed by atoms with Gasteiger partial charge in [0.05, 0.1) is 6.20 Å². The molecule has 4 atom stereocenters. The Hall–Kier alpha value is -3.26. The predicted molar refractivity (Wildman–Crippen MR) is 160 cm³/mol. The summed E-state index contributed by atoms with van der Waals surface area (Å²) in [5.74, 6) is 1.62. The minimum absolute atomic E-state index is 0.0984. The number of hydrogen-bond donors (Lipinski definition) is 1. The zero-order valence-electron chi connectivity index (χ0n) is 22.9. The van der Waals surface area contributed by atoms with Gasteiger partial charge in [0.25, 0.3) is 0 Å². The van der Waals surface area contributed by atoms with Gasteiger partial charge in [-0.3, -0.25) is 4.68 Å². The maximum Gasteiger partial charge on any atom is 0.407 e. The van der Waals surface area contributed by atoms with Crippen LogP contribution < -0.4 is 10.2 Å². The summed E-state index contributed by atoms with van der Waals surface area (Å²) in [5.41, 5.74) is 3.48. The van der Waals surface area contributed by atoms with Crippen molar-refractivity contribution < 1.29 is 14.3 Å². The number of nitrogens with one attached hydrogen (secondary N) is 1. The van der Waals surface area contributed by atoms with Gasteiger partial charge in [-0.15, -0.1) is 0 Å². The van der Waals surface area contributed by atoms with Crippen LogP contribution in [0.1, 0.15) is 43.2 Å². The second kappa shape index (κ2) is 10.9. The summed E-state index contributed by atoms with van der Waals surface area (Å²) in [6, 6.07) is 11.8. The van der Waals surface area contributed by atoms with Gasteiger partial charge < -0.3 is 19.7 Å². The van der Waals surface area contributed by atoms with Crippen LogP contribution in [0.5, 0.6) is 0 Å². The van der Waals surface area contributed by atoms with Crippen LogP contribution in [0, 0.1) is 15.5 Å². The van der Waals surface area contributed by atoms with Crippen LogP contribution in [0.15, 0.2) is 48.8 Å². The highest BCUT2D eigenvalue weighted by molar-refractivity contribution is 14.1. The van der Waals surface area contributed by atoms with Crippen molar-refractivity contribution in [2.75, 3.05) is 31.1 Å². The Labute approximate surface area is 251 Å². The number of piperidine rings is 1. The second-order valence-corrected chi connectivity index (χ2v) is 12.2. The number of carbonyl (C=O) groups excluding carboxylic acids is 1. The van der Waals surface area contributed by atoms with Crippen molar-refractivity contribution in [2.45, 2.75) is 43.9 Å². The number of benzene rings is 1. The highest BCUT2D eigenvalue weighted by Crippen LogP contribution is 2.63. The lowest BCUT2D eigenvalue weighted by Crippen LogP contribution is -2.36. The van der Waals surface area contributed by atoms with Crippen LogP contribution in [0.3, 0.4) is 0 Å². The van der Waals surface area contributed by atoms with E-state index < -0.39 is 6.09 Å². The fourth-order valence-electron chi connectivity index (χ4n) is 6.88. The van der Waals surface area contributed by atoms with Gasteiger partial charge in [0.1, 0.15) is 17.9 Å². The van der Waals surface area contributed by atoms with Crippen molar-refractivity contribution in [3.8, 4) is 0 Å². The number of rotatable bonds is 7. The molecule has 0 bridgehead atoms. The van der Waals surface area contributed by atoms with Crippen LogP contribution in [-0.4, -0.2) is 61.9 Å². The number of hydrogen-bond acceptors (Lipinski definition) is 8. The molecule has 1 N–H and O–H groups in total. The molecule has 1 saturated carbocycles. The summed E-state index contributed by atoms with van der Waals surface area (Å²) in [5, 5.41) is 12.3. The highest BCUT2D eigenvalue weighted by Gasteiger charge is 2.67. The summed E-state index contributed by atoms with van der Waals surface area (Å²) >= 11 is 2.23. The van der Waals surface area contributed by atoms with Gasteiger partial charge in [-0.05, 0) is 71.7 Å². The number of aryl methyl sites for hydroxylation is 1. The summed E-state index contributed by atoms with van der Waals surface area (Å²) < 4.78 is 16.3. The van der Waals surface area contributed by atoms with E-state index in [0.29, 0.717) is 18.4 Å². The minimum Gasteiger partial charge on any atom is -0.445 e. The normalized spacial score (nSPS) is 25.6. The molecule has 4 unspecified atom stereocenters. The van der Waals surface area contributed by atoms with E-state index in [4.69, 9.17) is 24.5 Å². The molecule has 1 aliphatic carbocycles. The monoisotopic (exact) mass is 668 g/mol. The van der Waals surface area contributed by atoms with Crippen LogP contribution in [0.25, 0.3) is 11.2 Å². The highest BCUT2D eigenvalue weighted by atomic mass is 127. The van der Waals surface area contributed by atoms with Crippen LogP contribution in [-0.2, 0) is 28.5 Å². The van der Waals surface area contributed by atoms with Crippen LogP contribution in [0.4, 0.5) is 10.6 Å². The summed E-state index contributed by atoms with van der Waals surface area (Å²) in [6.07, 6.45) is 7.32. The van der Waals surface area contributed by atoms with Crippen molar-refractivity contribution in [1.29, 1.82) is 0 Å². The Kier molecular flexibility index (Phi) is 7.05. The molecule has 3 fully saturated rings. The number of amides is 1. The first-order chi connectivity index (χ1) is 20.0. The van der Waals surface area contributed by atoms with Gasteiger partial charge in [-0.2, -0.15) is 10.2 Å². The summed E-state index contributed by atoms with van der Waals surface area (Å²) in [7, 11) is 1.97. The molecule has 1 aromatic carbocycles. The molecule has 11 nitrogen and oxygen atoms in total. The number of anilines is 1. The van der Waals surface area contributed by atoms with Gasteiger partial charge in [0.15, 0.2) is 15.6 Å². The lowest BCUT2D eigenvalue weighted by atomic mass is 9.96. The Morgan fingerprint density at radius 3 is 2.85 bits per heavy atom. The van der Waals surface area contributed by atoms with Gasteiger partial charge in [0, 0.05) is 50.6 Å².